The average Bonchev–Trinajstić information content (AvgIpc) is 2.85. The van der Waals surface area contributed by atoms with E-state index in [0.29, 0.717) is 12.7 Å². The molecular formula is C30H37NO2. The van der Waals surface area contributed by atoms with Gasteiger partial charge in [-0.05, 0) is 73.2 Å². The zero-order chi connectivity index (χ0) is 23.3. The maximum atomic E-state index is 5.87. The maximum Gasteiger partial charge on any atom is 0.120 e. The first-order valence-corrected chi connectivity index (χ1v) is 12.2. The van der Waals surface area contributed by atoms with Gasteiger partial charge in [0.05, 0.1) is 11.8 Å². The van der Waals surface area contributed by atoms with Crippen molar-refractivity contribution in [1.29, 1.82) is 0 Å². The smallest absolute Gasteiger partial charge is 0.120 e. The summed E-state index contributed by atoms with van der Waals surface area (Å²) in [7, 11) is 0. The van der Waals surface area contributed by atoms with Crippen molar-refractivity contribution in [1.82, 2.24) is 4.98 Å². The Hall–Kier alpha value is -2.91. The van der Waals surface area contributed by atoms with Crippen LogP contribution in [0.2, 0.25) is 0 Å². The van der Waals surface area contributed by atoms with Gasteiger partial charge in [-0.25, -0.2) is 0 Å². The highest BCUT2D eigenvalue weighted by Gasteiger charge is 2.04. The van der Waals surface area contributed by atoms with Crippen LogP contribution in [0.3, 0.4) is 0 Å². The SMILES string of the molecule is C=CCOc1ccc2cc(-c3ccc(/C=C/CCCC(C)OCCCCC)cn3)ccc2c1. The summed E-state index contributed by atoms with van der Waals surface area (Å²) in [6, 6.07) is 16.8. The Labute approximate surface area is 199 Å². The molecule has 0 saturated carbocycles. The number of nitrogens with zero attached hydrogens (tertiary/aromatic N) is 1. The normalized spacial score (nSPS) is 12.3. The fourth-order valence-electron chi connectivity index (χ4n) is 3.77. The van der Waals surface area contributed by atoms with Crippen molar-refractivity contribution in [2.75, 3.05) is 13.2 Å². The Kier molecular flexibility index (Phi) is 10.2. The topological polar surface area (TPSA) is 31.4 Å². The third-order valence-corrected chi connectivity index (χ3v) is 5.70. The molecule has 174 valence electrons. The standard InChI is InChI=1S/C30H37NO2/c1-4-6-10-20-32-24(3)11-8-7-9-12-25-13-18-30(31-23-25)28-15-14-27-22-29(33-19-5-2)17-16-26(27)21-28/h5,9,12-18,21-24H,2,4,6-8,10-11,19-20H2,1,3H3/b12-9+. The van der Waals surface area contributed by atoms with Gasteiger partial charge < -0.3 is 9.47 Å². The minimum atomic E-state index is 0.351. The van der Waals surface area contributed by atoms with Crippen LogP contribution in [0.4, 0.5) is 0 Å². The van der Waals surface area contributed by atoms with Crippen LogP contribution in [0.1, 0.15) is 57.9 Å². The highest BCUT2D eigenvalue weighted by atomic mass is 16.5. The number of rotatable bonds is 14. The van der Waals surface area contributed by atoms with Crippen LogP contribution < -0.4 is 4.74 Å². The molecule has 0 amide bonds. The third kappa shape index (κ3) is 8.18. The Balaban J connectivity index is 1.49. The van der Waals surface area contributed by atoms with Crippen LogP contribution in [-0.4, -0.2) is 24.3 Å². The summed E-state index contributed by atoms with van der Waals surface area (Å²) in [6.07, 6.45) is 15.4. The predicted octanol–water partition coefficient (Wildman–Crippen LogP) is 8.25. The lowest BCUT2D eigenvalue weighted by Gasteiger charge is -2.11. The number of benzene rings is 2. The van der Waals surface area contributed by atoms with E-state index in [9.17, 15) is 0 Å². The molecule has 0 aliphatic rings. The summed E-state index contributed by atoms with van der Waals surface area (Å²) in [6.45, 7) is 9.50. The van der Waals surface area contributed by atoms with Gasteiger partial charge in [0.1, 0.15) is 12.4 Å². The maximum absolute atomic E-state index is 5.87. The van der Waals surface area contributed by atoms with Crippen LogP contribution in [0.15, 0.2) is 73.5 Å². The number of unbranched alkanes of at least 4 members (excludes halogenated alkanes) is 3. The Morgan fingerprint density at radius 2 is 1.85 bits per heavy atom. The molecule has 3 nitrogen and oxygen atoms in total. The highest BCUT2D eigenvalue weighted by molar-refractivity contribution is 5.88. The van der Waals surface area contributed by atoms with Gasteiger partial charge in [0.2, 0.25) is 0 Å². The lowest BCUT2D eigenvalue weighted by Crippen LogP contribution is -2.08. The zero-order valence-electron chi connectivity index (χ0n) is 20.1. The Bertz CT molecular complexity index is 1020. The van der Waals surface area contributed by atoms with E-state index in [2.05, 4.69) is 80.0 Å². The van der Waals surface area contributed by atoms with Crippen molar-refractivity contribution in [2.24, 2.45) is 0 Å². The summed E-state index contributed by atoms with van der Waals surface area (Å²) in [5, 5.41) is 2.33. The molecule has 0 fully saturated rings. The van der Waals surface area contributed by atoms with Gasteiger partial charge >= 0.3 is 0 Å². The summed E-state index contributed by atoms with van der Waals surface area (Å²) in [5.74, 6) is 0.860. The van der Waals surface area contributed by atoms with Crippen molar-refractivity contribution >= 4 is 16.8 Å². The van der Waals surface area contributed by atoms with Crippen LogP contribution in [-0.2, 0) is 4.74 Å². The first-order valence-electron chi connectivity index (χ1n) is 12.2. The largest absolute Gasteiger partial charge is 0.490 e. The molecule has 1 aromatic heterocycles. The second-order valence-electron chi connectivity index (χ2n) is 8.52. The van der Waals surface area contributed by atoms with Gasteiger partial charge in [-0.1, -0.05) is 68.8 Å². The van der Waals surface area contributed by atoms with Crippen molar-refractivity contribution in [3.05, 3.63) is 79.0 Å². The van der Waals surface area contributed by atoms with Crippen molar-refractivity contribution in [2.45, 2.75) is 58.5 Å². The first kappa shape index (κ1) is 24.7. The van der Waals surface area contributed by atoms with Crippen molar-refractivity contribution in [3.63, 3.8) is 0 Å². The third-order valence-electron chi connectivity index (χ3n) is 5.70. The molecule has 1 heterocycles. The molecule has 1 unspecified atom stereocenters. The molecule has 0 bridgehead atoms. The average molecular weight is 444 g/mol. The Morgan fingerprint density at radius 3 is 2.64 bits per heavy atom. The second kappa shape index (κ2) is 13.6. The van der Waals surface area contributed by atoms with Gasteiger partial charge in [-0.15, -0.1) is 0 Å². The van der Waals surface area contributed by atoms with E-state index < -0.39 is 0 Å². The number of fused-ring (bicyclic) bond motifs is 1. The number of pyridine rings is 1. The van der Waals surface area contributed by atoms with E-state index in [1.807, 2.05) is 12.3 Å². The minimum Gasteiger partial charge on any atom is -0.490 e. The van der Waals surface area contributed by atoms with Gasteiger partial charge in [-0.3, -0.25) is 4.98 Å². The second-order valence-corrected chi connectivity index (χ2v) is 8.52. The number of hydrogen-bond acceptors (Lipinski definition) is 3. The van der Waals surface area contributed by atoms with Gasteiger partial charge in [0.15, 0.2) is 0 Å². The molecule has 0 aliphatic carbocycles. The van der Waals surface area contributed by atoms with Crippen LogP contribution in [0, 0.1) is 0 Å². The lowest BCUT2D eigenvalue weighted by molar-refractivity contribution is 0.0566. The summed E-state index contributed by atoms with van der Waals surface area (Å²) < 4.78 is 11.5. The molecular weight excluding hydrogens is 406 g/mol. The number of allylic oxidation sites excluding steroid dienone is 1. The molecule has 3 rings (SSSR count). The van der Waals surface area contributed by atoms with Crippen LogP contribution in [0.25, 0.3) is 28.1 Å². The Morgan fingerprint density at radius 1 is 1.00 bits per heavy atom. The quantitative estimate of drug-likeness (QED) is 0.186. The van der Waals surface area contributed by atoms with E-state index in [4.69, 9.17) is 9.47 Å². The molecule has 33 heavy (non-hydrogen) atoms. The monoisotopic (exact) mass is 443 g/mol. The van der Waals surface area contributed by atoms with Crippen molar-refractivity contribution in [3.8, 4) is 17.0 Å². The summed E-state index contributed by atoms with van der Waals surface area (Å²) in [5.41, 5.74) is 3.23. The summed E-state index contributed by atoms with van der Waals surface area (Å²) >= 11 is 0. The number of hydrogen-bond donors (Lipinski definition) is 0. The van der Waals surface area contributed by atoms with Gasteiger partial charge in [0.25, 0.3) is 0 Å². The van der Waals surface area contributed by atoms with Crippen molar-refractivity contribution < 1.29 is 9.47 Å². The number of aromatic nitrogens is 1. The molecule has 2 aromatic carbocycles. The van der Waals surface area contributed by atoms with E-state index in [-0.39, 0.29) is 0 Å². The zero-order valence-corrected chi connectivity index (χ0v) is 20.1. The molecule has 0 radical (unpaired) electrons. The molecule has 3 aromatic rings. The molecule has 0 N–H and O–H groups in total. The highest BCUT2D eigenvalue weighted by Crippen LogP contribution is 2.26. The molecule has 3 heteroatoms. The lowest BCUT2D eigenvalue weighted by atomic mass is 10.0. The predicted molar refractivity (Wildman–Crippen MR) is 141 cm³/mol. The fraction of sp³-hybridized carbons (Fsp3) is 0.367. The van der Waals surface area contributed by atoms with Gasteiger partial charge in [0, 0.05) is 18.4 Å². The van der Waals surface area contributed by atoms with E-state index in [0.717, 1.165) is 53.8 Å². The molecule has 1 atom stereocenters. The van der Waals surface area contributed by atoms with E-state index >= 15 is 0 Å². The van der Waals surface area contributed by atoms with E-state index in [1.54, 1.807) is 6.08 Å². The summed E-state index contributed by atoms with van der Waals surface area (Å²) in [4.78, 5) is 4.68. The van der Waals surface area contributed by atoms with Gasteiger partial charge in [-0.2, -0.15) is 0 Å². The van der Waals surface area contributed by atoms with E-state index in [1.165, 1.54) is 24.6 Å². The number of ether oxygens (including phenoxy) is 2. The molecule has 0 spiro atoms. The molecule has 0 saturated heterocycles. The fourth-order valence-corrected chi connectivity index (χ4v) is 3.77. The molecule has 0 aliphatic heterocycles. The minimum absolute atomic E-state index is 0.351. The first-order chi connectivity index (χ1) is 16.2. The van der Waals surface area contributed by atoms with Crippen LogP contribution >= 0.6 is 0 Å². The van der Waals surface area contributed by atoms with Crippen LogP contribution in [0.5, 0.6) is 5.75 Å².